The molecule has 1 saturated heterocycles. The number of pyridine rings is 1. The number of nitrogens with zero attached hydrogens (tertiary/aromatic N) is 7. The first-order valence-corrected chi connectivity index (χ1v) is 10.8. The van der Waals surface area contributed by atoms with E-state index in [-0.39, 0.29) is 5.56 Å². The normalized spacial score (nSPS) is 15.0. The lowest BCUT2D eigenvalue weighted by molar-refractivity contribution is 0.242. The van der Waals surface area contributed by atoms with Crippen LogP contribution in [0.15, 0.2) is 59.2 Å². The molecule has 0 amide bonds. The molecule has 30 heavy (non-hydrogen) atoms. The second kappa shape index (κ2) is 8.29. The topological polar surface area (TPSA) is 80.0 Å². The van der Waals surface area contributed by atoms with Crippen LogP contribution in [0.2, 0.25) is 0 Å². The van der Waals surface area contributed by atoms with Crippen molar-refractivity contribution in [3.8, 4) is 11.3 Å². The summed E-state index contributed by atoms with van der Waals surface area (Å²) < 4.78 is 1.56. The molecule has 0 aromatic carbocycles. The molecule has 0 unspecified atom stereocenters. The highest BCUT2D eigenvalue weighted by Crippen LogP contribution is 2.27. The number of anilines is 1. The van der Waals surface area contributed by atoms with Crippen molar-refractivity contribution in [2.75, 3.05) is 37.6 Å². The lowest BCUT2D eigenvalue weighted by Gasteiger charge is -2.35. The Balaban J connectivity index is 1.22. The molecule has 0 bridgehead atoms. The molecular formula is C21H21N7OS. The summed E-state index contributed by atoms with van der Waals surface area (Å²) in [5, 5.41) is 7.73. The molecule has 0 N–H and O–H groups in total. The number of hydrogen-bond acceptors (Lipinski definition) is 8. The van der Waals surface area contributed by atoms with E-state index in [4.69, 9.17) is 0 Å². The fraction of sp³-hybridized carbons (Fsp3) is 0.286. The summed E-state index contributed by atoms with van der Waals surface area (Å²) in [5.41, 5.74) is 1.66. The van der Waals surface area contributed by atoms with Gasteiger partial charge in [-0.15, -0.1) is 11.3 Å². The van der Waals surface area contributed by atoms with Crippen LogP contribution in [0.25, 0.3) is 21.5 Å². The lowest BCUT2D eigenvalue weighted by Crippen LogP contribution is -2.48. The molecule has 5 rings (SSSR count). The maximum absolute atomic E-state index is 12.3. The Labute approximate surface area is 177 Å². The second-order valence-corrected chi connectivity index (χ2v) is 8.08. The van der Waals surface area contributed by atoms with E-state index < -0.39 is 0 Å². The Bertz CT molecular complexity index is 1200. The molecule has 0 radical (unpaired) electrons. The van der Waals surface area contributed by atoms with Gasteiger partial charge < -0.3 is 4.90 Å². The summed E-state index contributed by atoms with van der Waals surface area (Å²) in [6, 6.07) is 9.24. The van der Waals surface area contributed by atoms with Crippen molar-refractivity contribution in [2.24, 2.45) is 0 Å². The third kappa shape index (κ3) is 3.81. The Morgan fingerprint density at radius 3 is 2.60 bits per heavy atom. The van der Waals surface area contributed by atoms with Gasteiger partial charge in [0, 0.05) is 56.7 Å². The van der Waals surface area contributed by atoms with Crippen LogP contribution in [-0.2, 0) is 6.54 Å². The van der Waals surface area contributed by atoms with Crippen LogP contribution in [-0.4, -0.2) is 62.4 Å². The summed E-state index contributed by atoms with van der Waals surface area (Å²) in [5.74, 6) is 1.02. The number of piperazine rings is 1. The minimum atomic E-state index is -0.0766. The van der Waals surface area contributed by atoms with Gasteiger partial charge in [-0.1, -0.05) is 0 Å². The third-order valence-electron chi connectivity index (χ3n) is 5.38. The Hall–Kier alpha value is -3.17. The van der Waals surface area contributed by atoms with Gasteiger partial charge in [0.1, 0.15) is 17.0 Å². The maximum Gasteiger partial charge on any atom is 0.266 e. The van der Waals surface area contributed by atoms with Crippen LogP contribution in [0.3, 0.4) is 0 Å². The van der Waals surface area contributed by atoms with Crippen LogP contribution in [0.1, 0.15) is 0 Å². The van der Waals surface area contributed by atoms with Gasteiger partial charge in [-0.05, 0) is 29.6 Å². The average molecular weight is 420 g/mol. The summed E-state index contributed by atoms with van der Waals surface area (Å²) >= 11 is 1.64. The molecule has 1 fully saturated rings. The van der Waals surface area contributed by atoms with Crippen LogP contribution in [0.5, 0.6) is 0 Å². The third-order valence-corrected chi connectivity index (χ3v) is 6.20. The second-order valence-electron chi connectivity index (χ2n) is 7.18. The number of aromatic nitrogens is 5. The first-order valence-electron chi connectivity index (χ1n) is 9.92. The van der Waals surface area contributed by atoms with Gasteiger partial charge in [-0.2, -0.15) is 5.10 Å². The molecule has 0 aliphatic carbocycles. The summed E-state index contributed by atoms with van der Waals surface area (Å²) in [7, 11) is 0. The van der Waals surface area contributed by atoms with Gasteiger partial charge >= 0.3 is 0 Å². The minimum Gasteiger partial charge on any atom is -0.353 e. The van der Waals surface area contributed by atoms with Gasteiger partial charge in [0.25, 0.3) is 5.56 Å². The number of hydrogen-bond donors (Lipinski definition) is 0. The molecular weight excluding hydrogens is 398 g/mol. The number of rotatable bonds is 5. The standard InChI is InChI=1S/C21H21N7OS/c29-19-2-1-18(16-3-6-22-7-4-16)25-28(19)13-10-26-8-11-27(12-9-26)20-17-5-14-30-21(17)24-15-23-20/h1-7,14-15H,8-13H2. The molecule has 0 spiro atoms. The van der Waals surface area contributed by atoms with Crippen LogP contribution in [0, 0.1) is 0 Å². The van der Waals surface area contributed by atoms with E-state index in [0.29, 0.717) is 6.54 Å². The molecule has 5 heterocycles. The van der Waals surface area contributed by atoms with E-state index in [1.165, 1.54) is 0 Å². The van der Waals surface area contributed by atoms with Crippen molar-refractivity contribution < 1.29 is 0 Å². The molecule has 1 aliphatic rings. The molecule has 0 atom stereocenters. The largest absolute Gasteiger partial charge is 0.353 e. The van der Waals surface area contributed by atoms with Crippen molar-refractivity contribution in [1.82, 2.24) is 29.6 Å². The van der Waals surface area contributed by atoms with Gasteiger partial charge in [-0.3, -0.25) is 14.7 Å². The van der Waals surface area contributed by atoms with Crippen molar-refractivity contribution in [1.29, 1.82) is 0 Å². The molecule has 4 aromatic rings. The molecule has 9 heteroatoms. The predicted octanol–water partition coefficient (Wildman–Crippen LogP) is 2.13. The van der Waals surface area contributed by atoms with E-state index in [0.717, 1.165) is 60.0 Å². The van der Waals surface area contributed by atoms with Crippen molar-refractivity contribution in [2.45, 2.75) is 6.54 Å². The summed E-state index contributed by atoms with van der Waals surface area (Å²) in [6.45, 7) is 5.02. The van der Waals surface area contributed by atoms with Gasteiger partial charge in [0.15, 0.2) is 0 Å². The van der Waals surface area contributed by atoms with Crippen LogP contribution in [0.4, 0.5) is 5.82 Å². The van der Waals surface area contributed by atoms with Crippen molar-refractivity contribution >= 4 is 27.4 Å². The van der Waals surface area contributed by atoms with Crippen molar-refractivity contribution in [3.63, 3.8) is 0 Å². The molecule has 152 valence electrons. The predicted molar refractivity (Wildman–Crippen MR) is 118 cm³/mol. The Morgan fingerprint density at radius 2 is 1.77 bits per heavy atom. The summed E-state index contributed by atoms with van der Waals surface area (Å²) in [6.07, 6.45) is 5.11. The quantitative estimate of drug-likeness (QED) is 0.490. The highest BCUT2D eigenvalue weighted by Gasteiger charge is 2.20. The number of thiophene rings is 1. The van der Waals surface area contributed by atoms with E-state index >= 15 is 0 Å². The fourth-order valence-electron chi connectivity index (χ4n) is 3.73. The lowest BCUT2D eigenvalue weighted by atomic mass is 10.2. The van der Waals surface area contributed by atoms with Crippen molar-refractivity contribution in [3.05, 3.63) is 64.8 Å². The fourth-order valence-corrected chi connectivity index (χ4v) is 4.46. The molecule has 1 aliphatic heterocycles. The smallest absolute Gasteiger partial charge is 0.266 e. The van der Waals surface area contributed by atoms with Crippen LogP contribution >= 0.6 is 11.3 Å². The highest BCUT2D eigenvalue weighted by molar-refractivity contribution is 7.16. The van der Waals surface area contributed by atoms with E-state index in [2.05, 4.69) is 41.3 Å². The van der Waals surface area contributed by atoms with E-state index in [1.54, 1.807) is 46.9 Å². The van der Waals surface area contributed by atoms with Gasteiger partial charge in [0.05, 0.1) is 17.6 Å². The van der Waals surface area contributed by atoms with Crippen LogP contribution < -0.4 is 10.5 Å². The molecule has 0 saturated carbocycles. The first-order chi connectivity index (χ1) is 14.8. The van der Waals surface area contributed by atoms with E-state index in [9.17, 15) is 4.79 Å². The monoisotopic (exact) mass is 419 g/mol. The average Bonchev–Trinajstić information content (AvgIpc) is 3.29. The summed E-state index contributed by atoms with van der Waals surface area (Å²) in [4.78, 5) is 30.9. The zero-order valence-electron chi connectivity index (χ0n) is 16.4. The zero-order chi connectivity index (χ0) is 20.3. The first kappa shape index (κ1) is 18.8. The van der Waals surface area contributed by atoms with E-state index in [1.807, 2.05) is 12.1 Å². The van der Waals surface area contributed by atoms with Gasteiger partial charge in [-0.25, -0.2) is 14.6 Å². The number of fused-ring (bicyclic) bond motifs is 1. The highest BCUT2D eigenvalue weighted by atomic mass is 32.1. The maximum atomic E-state index is 12.3. The molecule has 4 aromatic heterocycles. The zero-order valence-corrected chi connectivity index (χ0v) is 17.2. The Morgan fingerprint density at radius 1 is 0.933 bits per heavy atom. The minimum absolute atomic E-state index is 0.0766. The molecule has 8 nitrogen and oxygen atoms in total. The van der Waals surface area contributed by atoms with Gasteiger partial charge in [0.2, 0.25) is 0 Å². The SMILES string of the molecule is O=c1ccc(-c2ccncc2)nn1CCN1CCN(c2ncnc3sccc23)CC1. The Kier molecular flexibility index (Phi) is 5.20.